The van der Waals surface area contributed by atoms with Crippen LogP contribution in [0.1, 0.15) is 24.3 Å². The zero-order valence-electron chi connectivity index (χ0n) is 12.7. The number of phenols is 1. The smallest absolute Gasteiger partial charge is 0.124 e. The molecule has 0 aliphatic rings. The SMILES string of the molecule is CCCSC(NC)c1ccc(OCCOCCO)cc1O. The van der Waals surface area contributed by atoms with Crippen molar-refractivity contribution in [3.05, 3.63) is 23.8 Å². The molecule has 0 aliphatic carbocycles. The fourth-order valence-corrected chi connectivity index (χ4v) is 2.80. The summed E-state index contributed by atoms with van der Waals surface area (Å²) >= 11 is 1.77. The molecule has 5 nitrogen and oxygen atoms in total. The van der Waals surface area contributed by atoms with Gasteiger partial charge in [0.05, 0.1) is 25.2 Å². The number of thioether (sulfide) groups is 1. The third kappa shape index (κ3) is 6.56. The average molecular weight is 315 g/mol. The summed E-state index contributed by atoms with van der Waals surface area (Å²) in [5.41, 5.74) is 0.861. The molecule has 0 saturated carbocycles. The summed E-state index contributed by atoms with van der Waals surface area (Å²) in [6.07, 6.45) is 1.10. The van der Waals surface area contributed by atoms with Crippen LogP contribution >= 0.6 is 11.8 Å². The van der Waals surface area contributed by atoms with Gasteiger partial charge in [-0.3, -0.25) is 0 Å². The van der Waals surface area contributed by atoms with E-state index in [1.807, 2.05) is 19.2 Å². The van der Waals surface area contributed by atoms with Gasteiger partial charge in [0.25, 0.3) is 0 Å². The molecule has 21 heavy (non-hydrogen) atoms. The van der Waals surface area contributed by atoms with Crippen LogP contribution < -0.4 is 10.1 Å². The van der Waals surface area contributed by atoms with Gasteiger partial charge >= 0.3 is 0 Å². The number of ether oxygens (including phenoxy) is 2. The third-order valence-corrected chi connectivity index (χ3v) is 4.23. The molecule has 0 amide bonds. The van der Waals surface area contributed by atoms with Crippen LogP contribution in [0, 0.1) is 0 Å². The van der Waals surface area contributed by atoms with Gasteiger partial charge in [-0.2, -0.15) is 0 Å². The van der Waals surface area contributed by atoms with Gasteiger partial charge in [-0.25, -0.2) is 0 Å². The van der Waals surface area contributed by atoms with Gasteiger partial charge in [0.2, 0.25) is 0 Å². The van der Waals surface area contributed by atoms with Gasteiger partial charge in [-0.05, 0) is 31.4 Å². The number of hydrogen-bond donors (Lipinski definition) is 3. The Bertz CT molecular complexity index is 403. The van der Waals surface area contributed by atoms with Crippen molar-refractivity contribution in [2.75, 3.05) is 39.2 Å². The van der Waals surface area contributed by atoms with Gasteiger partial charge in [0.15, 0.2) is 0 Å². The quantitative estimate of drug-likeness (QED) is 0.429. The topological polar surface area (TPSA) is 71.0 Å². The normalized spacial score (nSPS) is 12.3. The molecule has 0 aliphatic heterocycles. The van der Waals surface area contributed by atoms with Crippen molar-refractivity contribution in [1.82, 2.24) is 5.32 Å². The Labute approximate surface area is 130 Å². The lowest BCUT2D eigenvalue weighted by atomic mass is 10.2. The van der Waals surface area contributed by atoms with Gasteiger partial charge in [0, 0.05) is 11.6 Å². The van der Waals surface area contributed by atoms with Crippen LogP contribution in [0.4, 0.5) is 0 Å². The van der Waals surface area contributed by atoms with E-state index in [2.05, 4.69) is 12.2 Å². The molecule has 120 valence electrons. The second-order valence-electron chi connectivity index (χ2n) is 4.44. The Kier molecular flexibility index (Phi) is 9.25. The zero-order valence-corrected chi connectivity index (χ0v) is 13.5. The monoisotopic (exact) mass is 315 g/mol. The van der Waals surface area contributed by atoms with Gasteiger partial charge < -0.3 is 25.0 Å². The minimum absolute atomic E-state index is 0.0102. The van der Waals surface area contributed by atoms with Gasteiger partial charge in [0.1, 0.15) is 18.1 Å². The maximum atomic E-state index is 10.1. The maximum Gasteiger partial charge on any atom is 0.124 e. The predicted molar refractivity (Wildman–Crippen MR) is 86.1 cm³/mol. The first kappa shape index (κ1) is 18.1. The minimum Gasteiger partial charge on any atom is -0.507 e. The van der Waals surface area contributed by atoms with Crippen molar-refractivity contribution in [2.45, 2.75) is 18.7 Å². The van der Waals surface area contributed by atoms with Crippen LogP contribution in [0.15, 0.2) is 18.2 Å². The number of aliphatic hydroxyl groups excluding tert-OH is 1. The largest absolute Gasteiger partial charge is 0.507 e. The number of rotatable bonds is 11. The van der Waals surface area contributed by atoms with E-state index >= 15 is 0 Å². The fraction of sp³-hybridized carbons (Fsp3) is 0.600. The summed E-state index contributed by atoms with van der Waals surface area (Å²) in [6.45, 7) is 3.26. The van der Waals surface area contributed by atoms with Crippen LogP contribution in [0.3, 0.4) is 0 Å². The molecule has 0 fully saturated rings. The van der Waals surface area contributed by atoms with Crippen molar-refractivity contribution in [3.63, 3.8) is 0 Å². The standard InChI is InChI=1S/C15H25NO4S/c1-3-10-21-15(16-2)13-5-4-12(11-14(13)18)20-9-8-19-7-6-17/h4-5,11,15-18H,3,6-10H2,1-2H3. The van der Waals surface area contributed by atoms with Crippen LogP contribution in [-0.4, -0.2) is 49.4 Å². The second-order valence-corrected chi connectivity index (χ2v) is 5.66. The van der Waals surface area contributed by atoms with Gasteiger partial charge in [-0.15, -0.1) is 11.8 Å². The molecule has 1 rings (SSSR count). The second kappa shape index (κ2) is 10.7. The van der Waals surface area contributed by atoms with E-state index in [4.69, 9.17) is 14.6 Å². The van der Waals surface area contributed by atoms with Crippen LogP contribution in [0.5, 0.6) is 11.5 Å². The number of aliphatic hydroxyl groups is 1. The molecule has 0 radical (unpaired) electrons. The zero-order chi connectivity index (χ0) is 15.5. The summed E-state index contributed by atoms with van der Waals surface area (Å²) in [7, 11) is 1.88. The molecule has 3 N–H and O–H groups in total. The number of aromatic hydroxyl groups is 1. The average Bonchev–Trinajstić information content (AvgIpc) is 2.49. The Hall–Kier alpha value is -0.950. The highest BCUT2D eigenvalue weighted by molar-refractivity contribution is 7.99. The van der Waals surface area contributed by atoms with E-state index in [-0.39, 0.29) is 17.7 Å². The van der Waals surface area contributed by atoms with E-state index in [0.29, 0.717) is 25.6 Å². The lowest BCUT2D eigenvalue weighted by Crippen LogP contribution is -2.13. The van der Waals surface area contributed by atoms with E-state index < -0.39 is 0 Å². The van der Waals surface area contributed by atoms with E-state index in [9.17, 15) is 5.11 Å². The van der Waals surface area contributed by atoms with Crippen LogP contribution in [0.2, 0.25) is 0 Å². The fourth-order valence-electron chi connectivity index (χ4n) is 1.78. The number of benzene rings is 1. The Morgan fingerprint density at radius 2 is 2.10 bits per heavy atom. The summed E-state index contributed by atoms with van der Waals surface area (Å²) < 4.78 is 10.6. The molecule has 0 saturated heterocycles. The summed E-state index contributed by atoms with van der Waals surface area (Å²) in [6, 6.07) is 5.35. The van der Waals surface area contributed by atoms with Crippen molar-refractivity contribution in [2.24, 2.45) is 0 Å². The van der Waals surface area contributed by atoms with E-state index in [1.165, 1.54) is 0 Å². The number of hydrogen-bond acceptors (Lipinski definition) is 6. The van der Waals surface area contributed by atoms with Crippen LogP contribution in [-0.2, 0) is 4.74 Å². The molecule has 1 atom stereocenters. The summed E-state index contributed by atoms with van der Waals surface area (Å²) in [4.78, 5) is 0. The first-order valence-corrected chi connectivity index (χ1v) is 8.21. The molecular weight excluding hydrogens is 290 g/mol. The highest BCUT2D eigenvalue weighted by Crippen LogP contribution is 2.34. The summed E-state index contributed by atoms with van der Waals surface area (Å²) in [5, 5.41) is 22.0. The number of phenolic OH excluding ortho intramolecular Hbond substituents is 1. The van der Waals surface area contributed by atoms with Crippen molar-refractivity contribution in [1.29, 1.82) is 0 Å². The maximum absolute atomic E-state index is 10.1. The molecular formula is C15H25NO4S. The third-order valence-electron chi connectivity index (χ3n) is 2.77. The molecule has 1 unspecified atom stereocenters. The summed E-state index contributed by atoms with van der Waals surface area (Å²) in [5.74, 6) is 1.87. The minimum atomic E-state index is 0.0102. The molecule has 1 aromatic carbocycles. The van der Waals surface area contributed by atoms with Crippen molar-refractivity contribution < 1.29 is 19.7 Å². The highest BCUT2D eigenvalue weighted by atomic mass is 32.2. The van der Waals surface area contributed by atoms with Gasteiger partial charge in [-0.1, -0.05) is 6.92 Å². The molecule has 0 spiro atoms. The molecule has 6 heteroatoms. The lowest BCUT2D eigenvalue weighted by molar-refractivity contribution is 0.0704. The van der Waals surface area contributed by atoms with Crippen molar-refractivity contribution >= 4 is 11.8 Å². The molecule has 0 aromatic heterocycles. The highest BCUT2D eigenvalue weighted by Gasteiger charge is 2.14. The molecule has 0 heterocycles. The van der Waals surface area contributed by atoms with E-state index in [0.717, 1.165) is 17.7 Å². The van der Waals surface area contributed by atoms with Crippen molar-refractivity contribution in [3.8, 4) is 11.5 Å². The Morgan fingerprint density at radius 3 is 2.71 bits per heavy atom. The van der Waals surface area contributed by atoms with Crippen LogP contribution in [0.25, 0.3) is 0 Å². The first-order chi connectivity index (χ1) is 10.2. The Balaban J connectivity index is 2.54. The lowest BCUT2D eigenvalue weighted by Gasteiger charge is -2.18. The molecule has 1 aromatic rings. The number of nitrogens with one attached hydrogen (secondary N) is 1. The predicted octanol–water partition coefficient (Wildman–Crippen LogP) is 2.14. The molecule has 0 bridgehead atoms. The van der Waals surface area contributed by atoms with E-state index in [1.54, 1.807) is 17.8 Å². The first-order valence-electron chi connectivity index (χ1n) is 7.16. The Morgan fingerprint density at radius 1 is 1.29 bits per heavy atom.